The van der Waals surface area contributed by atoms with E-state index in [9.17, 15) is 0 Å². The van der Waals surface area contributed by atoms with Crippen LogP contribution in [0.4, 0.5) is 0 Å². The van der Waals surface area contributed by atoms with E-state index >= 15 is 0 Å². The van der Waals surface area contributed by atoms with Crippen LogP contribution in [0.25, 0.3) is 0 Å². The molecule has 176 valence electrons. The van der Waals surface area contributed by atoms with Gasteiger partial charge in [0.15, 0.2) is 0 Å². The van der Waals surface area contributed by atoms with Crippen LogP contribution in [-0.4, -0.2) is 0 Å². The maximum Gasteiger partial charge on any atom is -0.0383 e. The summed E-state index contributed by atoms with van der Waals surface area (Å²) in [6.07, 6.45) is 35.3. The molecule has 0 heteroatoms. The lowest BCUT2D eigenvalue weighted by molar-refractivity contribution is 0.356. The third-order valence-electron chi connectivity index (χ3n) is 6.53. The van der Waals surface area contributed by atoms with Crippen LogP contribution in [0, 0.1) is 5.41 Å². The Labute approximate surface area is 187 Å². The van der Waals surface area contributed by atoms with E-state index in [1.54, 1.807) is 0 Å². The highest BCUT2D eigenvalue weighted by Gasteiger charge is 2.08. The van der Waals surface area contributed by atoms with Crippen molar-refractivity contribution in [2.45, 2.75) is 182 Å². The highest BCUT2D eigenvalue weighted by atomic mass is 14.1. The smallest absolute Gasteiger partial charge is 0.0383 e. The second-order valence-electron chi connectivity index (χ2n) is 11.1. The van der Waals surface area contributed by atoms with Crippen molar-refractivity contribution in [3.63, 3.8) is 0 Å². The van der Waals surface area contributed by atoms with Crippen molar-refractivity contribution in [1.29, 1.82) is 0 Å². The van der Waals surface area contributed by atoms with Crippen molar-refractivity contribution in [1.82, 2.24) is 0 Å². The average Bonchev–Trinajstić information content (AvgIpc) is 2.67. The fourth-order valence-corrected chi connectivity index (χ4v) is 4.44. The minimum atomic E-state index is 0.535. The molecule has 0 unspecified atom stereocenters. The van der Waals surface area contributed by atoms with Gasteiger partial charge in [-0.2, -0.15) is 0 Å². The van der Waals surface area contributed by atoms with Gasteiger partial charge in [-0.25, -0.2) is 0 Å². The Bertz CT molecular complexity index is 285. The molecule has 0 aromatic heterocycles. The van der Waals surface area contributed by atoms with Crippen molar-refractivity contribution < 1.29 is 0 Å². The van der Waals surface area contributed by atoms with Gasteiger partial charge in [-0.1, -0.05) is 175 Å². The number of rotatable bonds is 23. The Morgan fingerprint density at radius 3 is 0.724 bits per heavy atom. The summed E-state index contributed by atoms with van der Waals surface area (Å²) >= 11 is 0. The van der Waals surface area contributed by atoms with Gasteiger partial charge in [0.05, 0.1) is 0 Å². The van der Waals surface area contributed by atoms with E-state index in [0.717, 1.165) is 0 Å². The quantitative estimate of drug-likeness (QED) is 0.147. The molecule has 0 amide bonds. The number of hydrogen-bond acceptors (Lipinski definition) is 0. The molecule has 0 radical (unpaired) electrons. The standard InChI is InChI=1S/C29H60/c1-5-6-7-8-9-10-11-12-13-14-15-16-17-18-19-20-21-22-23-24-25-26-27-28-29(2,3)4/h5-28H2,1-4H3. The van der Waals surface area contributed by atoms with Crippen LogP contribution in [0.3, 0.4) is 0 Å². The molecule has 0 heterocycles. The summed E-state index contributed by atoms with van der Waals surface area (Å²) in [5.74, 6) is 0. The molecule has 29 heavy (non-hydrogen) atoms. The van der Waals surface area contributed by atoms with Gasteiger partial charge >= 0.3 is 0 Å². The summed E-state index contributed by atoms with van der Waals surface area (Å²) < 4.78 is 0. The normalized spacial score (nSPS) is 12.0. The first-order chi connectivity index (χ1) is 14.1. The molecule has 0 nitrogen and oxygen atoms in total. The van der Waals surface area contributed by atoms with E-state index in [0.29, 0.717) is 5.41 Å². The second kappa shape index (κ2) is 22.7. The van der Waals surface area contributed by atoms with Crippen molar-refractivity contribution >= 4 is 0 Å². The van der Waals surface area contributed by atoms with Gasteiger partial charge < -0.3 is 0 Å². The molecule has 0 fully saturated rings. The van der Waals surface area contributed by atoms with E-state index in [4.69, 9.17) is 0 Å². The Morgan fingerprint density at radius 1 is 0.310 bits per heavy atom. The van der Waals surface area contributed by atoms with E-state index in [-0.39, 0.29) is 0 Å². The third kappa shape index (κ3) is 28.0. The van der Waals surface area contributed by atoms with Gasteiger partial charge in [0.2, 0.25) is 0 Å². The van der Waals surface area contributed by atoms with Crippen LogP contribution in [-0.2, 0) is 0 Å². The molecule has 0 saturated carbocycles. The van der Waals surface area contributed by atoms with E-state index in [1.165, 1.54) is 154 Å². The van der Waals surface area contributed by atoms with Crippen LogP contribution in [0.5, 0.6) is 0 Å². The number of hydrogen-bond donors (Lipinski definition) is 0. The lowest BCUT2D eigenvalue weighted by Crippen LogP contribution is -2.03. The summed E-state index contributed by atoms with van der Waals surface area (Å²) in [6, 6.07) is 0. The predicted molar refractivity (Wildman–Crippen MR) is 136 cm³/mol. The van der Waals surface area contributed by atoms with Crippen LogP contribution < -0.4 is 0 Å². The summed E-state index contributed by atoms with van der Waals surface area (Å²) in [5, 5.41) is 0. The Kier molecular flexibility index (Phi) is 22.7. The van der Waals surface area contributed by atoms with Crippen LogP contribution in [0.2, 0.25) is 0 Å². The molecule has 0 atom stereocenters. The largest absolute Gasteiger partial charge is 0.0654 e. The zero-order valence-electron chi connectivity index (χ0n) is 21.5. The van der Waals surface area contributed by atoms with Gasteiger partial charge in [0, 0.05) is 0 Å². The highest BCUT2D eigenvalue weighted by Crippen LogP contribution is 2.22. The van der Waals surface area contributed by atoms with Crippen LogP contribution in [0.15, 0.2) is 0 Å². The summed E-state index contributed by atoms with van der Waals surface area (Å²) in [5.41, 5.74) is 0.535. The fraction of sp³-hybridized carbons (Fsp3) is 1.00. The van der Waals surface area contributed by atoms with Crippen LogP contribution in [0.1, 0.15) is 182 Å². The molecular formula is C29H60. The Hall–Kier alpha value is 0. The fourth-order valence-electron chi connectivity index (χ4n) is 4.44. The Balaban J connectivity index is 3.02. The molecule has 0 aromatic carbocycles. The van der Waals surface area contributed by atoms with E-state index in [1.807, 2.05) is 0 Å². The maximum atomic E-state index is 2.37. The van der Waals surface area contributed by atoms with Gasteiger partial charge in [-0.15, -0.1) is 0 Å². The first-order valence-corrected chi connectivity index (χ1v) is 14.1. The second-order valence-corrected chi connectivity index (χ2v) is 11.1. The zero-order valence-corrected chi connectivity index (χ0v) is 21.5. The summed E-state index contributed by atoms with van der Waals surface area (Å²) in [6.45, 7) is 9.40. The molecule has 0 aliphatic rings. The molecule has 0 aliphatic heterocycles. The molecule has 0 saturated heterocycles. The number of unbranched alkanes of at least 4 members (excludes halogenated alkanes) is 22. The zero-order chi connectivity index (χ0) is 21.5. The molecular weight excluding hydrogens is 348 g/mol. The lowest BCUT2D eigenvalue weighted by Gasteiger charge is -2.17. The average molecular weight is 409 g/mol. The van der Waals surface area contributed by atoms with Crippen molar-refractivity contribution in [3.05, 3.63) is 0 Å². The van der Waals surface area contributed by atoms with Gasteiger partial charge in [0.1, 0.15) is 0 Å². The van der Waals surface area contributed by atoms with Crippen LogP contribution >= 0.6 is 0 Å². The molecule has 0 rings (SSSR count). The first kappa shape index (κ1) is 29.0. The SMILES string of the molecule is CCCCCCCCCCCCCCCCCCCCCCCCCC(C)(C)C. The highest BCUT2D eigenvalue weighted by molar-refractivity contribution is 4.61. The lowest BCUT2D eigenvalue weighted by atomic mass is 9.89. The van der Waals surface area contributed by atoms with Crippen molar-refractivity contribution in [3.8, 4) is 0 Å². The van der Waals surface area contributed by atoms with Gasteiger partial charge in [-0.3, -0.25) is 0 Å². The van der Waals surface area contributed by atoms with Crippen molar-refractivity contribution in [2.75, 3.05) is 0 Å². The summed E-state index contributed by atoms with van der Waals surface area (Å²) in [4.78, 5) is 0. The van der Waals surface area contributed by atoms with Gasteiger partial charge in [-0.05, 0) is 11.8 Å². The third-order valence-corrected chi connectivity index (χ3v) is 6.53. The topological polar surface area (TPSA) is 0 Å². The molecule has 0 aliphatic carbocycles. The molecule has 0 bridgehead atoms. The summed E-state index contributed by atoms with van der Waals surface area (Å²) in [7, 11) is 0. The molecule has 0 spiro atoms. The van der Waals surface area contributed by atoms with Gasteiger partial charge in [0.25, 0.3) is 0 Å². The Morgan fingerprint density at radius 2 is 0.517 bits per heavy atom. The monoisotopic (exact) mass is 408 g/mol. The van der Waals surface area contributed by atoms with E-state index in [2.05, 4.69) is 27.7 Å². The van der Waals surface area contributed by atoms with E-state index < -0.39 is 0 Å². The first-order valence-electron chi connectivity index (χ1n) is 14.1. The molecule has 0 N–H and O–H groups in total. The predicted octanol–water partition coefficient (Wildman–Crippen LogP) is 11.4. The minimum absolute atomic E-state index is 0.535. The van der Waals surface area contributed by atoms with Crippen molar-refractivity contribution in [2.24, 2.45) is 5.41 Å². The maximum absolute atomic E-state index is 2.37. The minimum Gasteiger partial charge on any atom is -0.0654 e. The molecule has 0 aromatic rings.